The molecular formula is C33H28N4O2. The predicted molar refractivity (Wildman–Crippen MR) is 154 cm³/mol. The molecule has 0 amide bonds. The number of hydrogen-bond acceptors (Lipinski definition) is 6. The van der Waals surface area contributed by atoms with E-state index in [2.05, 4.69) is 53.1 Å². The quantitative estimate of drug-likeness (QED) is 0.328. The summed E-state index contributed by atoms with van der Waals surface area (Å²) in [6.07, 6.45) is 0. The summed E-state index contributed by atoms with van der Waals surface area (Å²) in [4.78, 5) is 16.6. The SMILES string of the molecule is CN(C)c1ccc(C#Cc2cc(C3=N[C@@H](c4ccccc4)CO3)nc(C3=N[C@@H](c4ccccc4)CO3)c2)cc1. The van der Waals surface area contributed by atoms with Crippen LogP contribution in [0, 0.1) is 11.8 Å². The van der Waals surface area contributed by atoms with Crippen molar-refractivity contribution in [1.29, 1.82) is 0 Å². The largest absolute Gasteiger partial charge is 0.474 e. The van der Waals surface area contributed by atoms with E-state index in [1.807, 2.05) is 74.8 Å². The number of anilines is 1. The molecule has 0 radical (unpaired) electrons. The van der Waals surface area contributed by atoms with E-state index in [-0.39, 0.29) is 12.1 Å². The zero-order valence-electron chi connectivity index (χ0n) is 21.9. The van der Waals surface area contributed by atoms with Crippen molar-refractivity contribution in [1.82, 2.24) is 4.98 Å². The van der Waals surface area contributed by atoms with Crippen molar-refractivity contribution in [3.63, 3.8) is 0 Å². The Hall–Kier alpha value is -4.89. The molecule has 3 aromatic carbocycles. The maximum absolute atomic E-state index is 6.02. The third-order valence-electron chi connectivity index (χ3n) is 6.67. The lowest BCUT2D eigenvalue weighted by molar-refractivity contribution is 0.317. The van der Waals surface area contributed by atoms with Gasteiger partial charge in [-0.05, 0) is 47.5 Å². The van der Waals surface area contributed by atoms with Crippen LogP contribution in [0.3, 0.4) is 0 Å². The average Bonchev–Trinajstić information content (AvgIpc) is 3.68. The van der Waals surface area contributed by atoms with Crippen molar-refractivity contribution in [2.75, 3.05) is 32.2 Å². The van der Waals surface area contributed by atoms with Crippen molar-refractivity contribution in [2.45, 2.75) is 12.1 Å². The number of ether oxygens (including phenoxy) is 2. The lowest BCUT2D eigenvalue weighted by Gasteiger charge is -2.11. The van der Waals surface area contributed by atoms with Crippen LogP contribution in [0.4, 0.5) is 5.69 Å². The van der Waals surface area contributed by atoms with E-state index in [1.165, 1.54) is 0 Å². The van der Waals surface area contributed by atoms with E-state index >= 15 is 0 Å². The molecule has 0 N–H and O–H groups in total. The second-order valence-electron chi connectivity index (χ2n) is 9.66. The molecular weight excluding hydrogens is 484 g/mol. The van der Waals surface area contributed by atoms with Crippen molar-refractivity contribution in [3.8, 4) is 11.8 Å². The second kappa shape index (κ2) is 10.8. The maximum atomic E-state index is 6.02. The van der Waals surface area contributed by atoms with Gasteiger partial charge in [-0.25, -0.2) is 15.0 Å². The van der Waals surface area contributed by atoms with Gasteiger partial charge in [-0.2, -0.15) is 0 Å². The molecule has 0 fully saturated rings. The van der Waals surface area contributed by atoms with Gasteiger partial charge >= 0.3 is 0 Å². The van der Waals surface area contributed by atoms with Crippen LogP contribution < -0.4 is 4.90 Å². The first kappa shape index (κ1) is 24.4. The highest BCUT2D eigenvalue weighted by Gasteiger charge is 2.26. The molecule has 192 valence electrons. The molecule has 2 aliphatic rings. The minimum Gasteiger partial charge on any atom is -0.474 e. The molecule has 0 saturated heterocycles. The van der Waals surface area contributed by atoms with Crippen LogP contribution in [-0.2, 0) is 9.47 Å². The Morgan fingerprint density at radius 2 is 1.13 bits per heavy atom. The van der Waals surface area contributed by atoms with E-state index in [0.717, 1.165) is 27.9 Å². The summed E-state index contributed by atoms with van der Waals surface area (Å²) < 4.78 is 12.0. The summed E-state index contributed by atoms with van der Waals surface area (Å²) in [6.45, 7) is 0.941. The van der Waals surface area contributed by atoms with Crippen LogP contribution in [0.15, 0.2) is 107 Å². The van der Waals surface area contributed by atoms with Gasteiger partial charge in [0, 0.05) is 30.9 Å². The van der Waals surface area contributed by atoms with E-state index < -0.39 is 0 Å². The van der Waals surface area contributed by atoms with Crippen LogP contribution in [0.25, 0.3) is 0 Å². The van der Waals surface area contributed by atoms with Gasteiger partial charge in [-0.15, -0.1) is 0 Å². The molecule has 6 heteroatoms. The molecule has 6 nitrogen and oxygen atoms in total. The molecule has 2 atom stereocenters. The van der Waals surface area contributed by atoms with Crippen molar-refractivity contribution in [2.24, 2.45) is 9.98 Å². The fourth-order valence-electron chi connectivity index (χ4n) is 4.53. The molecule has 2 aliphatic heterocycles. The second-order valence-corrected chi connectivity index (χ2v) is 9.66. The topological polar surface area (TPSA) is 59.3 Å². The summed E-state index contributed by atoms with van der Waals surface area (Å²) in [5, 5.41) is 0. The van der Waals surface area contributed by atoms with Crippen molar-refractivity contribution in [3.05, 3.63) is 131 Å². The normalized spacial score (nSPS) is 17.8. The standard InChI is InChI=1S/C33H28N4O2/c1-37(2)27-17-15-23(16-18-27)13-14-24-19-28(32-35-30(21-38-32)25-9-5-3-6-10-25)34-29(20-24)33-36-31(22-39-33)26-11-7-4-8-12-26/h3-12,15-20,30-31H,21-22H2,1-2H3/t30-,31-/m1/s1. The lowest BCUT2D eigenvalue weighted by atomic mass is 10.1. The zero-order chi connectivity index (χ0) is 26.6. The number of nitrogens with zero attached hydrogens (tertiary/aromatic N) is 4. The zero-order valence-corrected chi connectivity index (χ0v) is 21.9. The first-order valence-corrected chi connectivity index (χ1v) is 13.0. The lowest BCUT2D eigenvalue weighted by Crippen LogP contribution is -2.11. The molecule has 0 unspecified atom stereocenters. The summed E-state index contributed by atoms with van der Waals surface area (Å²) in [5.74, 6) is 7.58. The summed E-state index contributed by atoms with van der Waals surface area (Å²) in [5.41, 5.74) is 6.30. The molecule has 3 heterocycles. The number of benzene rings is 3. The summed E-state index contributed by atoms with van der Waals surface area (Å²) >= 11 is 0. The van der Waals surface area contributed by atoms with Gasteiger partial charge in [-0.1, -0.05) is 72.5 Å². The van der Waals surface area contributed by atoms with Gasteiger partial charge in [0.25, 0.3) is 0 Å². The van der Waals surface area contributed by atoms with Crippen molar-refractivity contribution < 1.29 is 9.47 Å². The van der Waals surface area contributed by atoms with E-state index in [4.69, 9.17) is 24.4 Å². The Morgan fingerprint density at radius 3 is 1.62 bits per heavy atom. The molecule has 39 heavy (non-hydrogen) atoms. The number of aromatic nitrogens is 1. The number of hydrogen-bond donors (Lipinski definition) is 0. The Balaban J connectivity index is 1.35. The van der Waals surface area contributed by atoms with Crippen LogP contribution in [0.1, 0.15) is 45.7 Å². The predicted octanol–water partition coefficient (Wildman–Crippen LogP) is 5.58. The minimum absolute atomic E-state index is 0.0704. The fourth-order valence-corrected chi connectivity index (χ4v) is 4.53. The minimum atomic E-state index is -0.0704. The van der Waals surface area contributed by atoms with E-state index in [0.29, 0.717) is 36.4 Å². The average molecular weight is 513 g/mol. The fraction of sp³-hybridized carbons (Fsp3) is 0.182. The molecule has 0 saturated carbocycles. The molecule has 0 spiro atoms. The Bertz CT molecular complexity index is 1500. The smallest absolute Gasteiger partial charge is 0.236 e. The molecule has 0 bridgehead atoms. The highest BCUT2D eigenvalue weighted by Crippen LogP contribution is 2.27. The van der Waals surface area contributed by atoms with Gasteiger partial charge in [0.05, 0.1) is 0 Å². The maximum Gasteiger partial charge on any atom is 0.236 e. The third kappa shape index (κ3) is 5.53. The highest BCUT2D eigenvalue weighted by molar-refractivity contribution is 5.98. The monoisotopic (exact) mass is 512 g/mol. The van der Waals surface area contributed by atoms with Crippen LogP contribution in [0.2, 0.25) is 0 Å². The Morgan fingerprint density at radius 1 is 0.641 bits per heavy atom. The number of rotatable bonds is 5. The van der Waals surface area contributed by atoms with Gasteiger partial charge < -0.3 is 14.4 Å². The van der Waals surface area contributed by atoms with Gasteiger partial charge in [0.2, 0.25) is 11.8 Å². The number of pyridine rings is 1. The Labute approximate surface area is 228 Å². The van der Waals surface area contributed by atoms with Gasteiger partial charge in [0.15, 0.2) is 0 Å². The van der Waals surface area contributed by atoms with E-state index in [1.54, 1.807) is 0 Å². The third-order valence-corrected chi connectivity index (χ3v) is 6.67. The summed E-state index contributed by atoms with van der Waals surface area (Å²) in [6, 6.07) is 32.2. The van der Waals surface area contributed by atoms with Crippen LogP contribution in [-0.4, -0.2) is 44.1 Å². The highest BCUT2D eigenvalue weighted by atomic mass is 16.5. The van der Waals surface area contributed by atoms with Crippen LogP contribution >= 0.6 is 0 Å². The van der Waals surface area contributed by atoms with Gasteiger partial charge in [-0.3, -0.25) is 0 Å². The Kier molecular flexibility index (Phi) is 6.80. The van der Waals surface area contributed by atoms with Crippen molar-refractivity contribution >= 4 is 17.5 Å². The summed E-state index contributed by atoms with van der Waals surface area (Å²) in [7, 11) is 4.04. The van der Waals surface area contributed by atoms with E-state index in [9.17, 15) is 0 Å². The molecule has 1 aromatic heterocycles. The van der Waals surface area contributed by atoms with Crippen LogP contribution in [0.5, 0.6) is 0 Å². The first-order valence-electron chi connectivity index (χ1n) is 13.0. The molecule has 6 rings (SSSR count). The molecule has 4 aromatic rings. The molecule has 0 aliphatic carbocycles. The number of aliphatic imine (C=N–C) groups is 2. The first-order chi connectivity index (χ1) is 19.1. The van der Waals surface area contributed by atoms with Gasteiger partial charge in [0.1, 0.15) is 36.7 Å².